The van der Waals surface area contributed by atoms with Crippen molar-refractivity contribution < 1.29 is 13.2 Å². The number of nitrogens with zero attached hydrogens (tertiary/aromatic N) is 3. The first-order valence-corrected chi connectivity index (χ1v) is 11.3. The number of nitrogens with one attached hydrogen (secondary N) is 1. The fourth-order valence-corrected chi connectivity index (χ4v) is 5.30. The lowest BCUT2D eigenvalue weighted by atomic mass is 9.97. The van der Waals surface area contributed by atoms with Crippen LogP contribution in [0.1, 0.15) is 18.4 Å². The van der Waals surface area contributed by atoms with Gasteiger partial charge in [0.25, 0.3) is 0 Å². The maximum atomic E-state index is 12.9. The molecule has 9 heteroatoms. The molecule has 0 aromatic heterocycles. The minimum Gasteiger partial charge on any atom is -0.376 e. The first-order chi connectivity index (χ1) is 14.2. The summed E-state index contributed by atoms with van der Waals surface area (Å²) in [7, 11) is -0.0288. The number of amides is 1. The summed E-state index contributed by atoms with van der Waals surface area (Å²) in [5.41, 5.74) is 1.57. The van der Waals surface area contributed by atoms with Crippen molar-refractivity contribution in [2.24, 2.45) is 5.92 Å². The van der Waals surface area contributed by atoms with Gasteiger partial charge in [-0.1, -0.05) is 23.7 Å². The highest BCUT2D eigenvalue weighted by Crippen LogP contribution is 2.30. The number of anilines is 2. The van der Waals surface area contributed by atoms with Gasteiger partial charge in [0, 0.05) is 38.1 Å². The van der Waals surface area contributed by atoms with Gasteiger partial charge in [-0.25, -0.2) is 8.42 Å². The molecular weight excluding hydrogens is 424 g/mol. The molecule has 1 aliphatic rings. The number of nitriles is 1. The molecule has 158 valence electrons. The Balaban J connectivity index is 1.70. The SMILES string of the molecule is CN(C)c1ccc(Cl)cc1NC(=O)C1CCN(S(=O)(=O)c2ccccc2C#N)CC1. The van der Waals surface area contributed by atoms with E-state index in [1.54, 1.807) is 24.3 Å². The number of benzene rings is 2. The number of carbonyl (C=O) groups is 1. The lowest BCUT2D eigenvalue weighted by Gasteiger charge is -2.31. The van der Waals surface area contributed by atoms with Crippen molar-refractivity contribution in [1.29, 1.82) is 5.26 Å². The maximum absolute atomic E-state index is 12.9. The number of halogens is 1. The average molecular weight is 447 g/mol. The molecule has 1 amide bonds. The predicted molar refractivity (Wildman–Crippen MR) is 117 cm³/mol. The molecule has 0 spiro atoms. The van der Waals surface area contributed by atoms with Crippen molar-refractivity contribution in [3.05, 3.63) is 53.1 Å². The van der Waals surface area contributed by atoms with Gasteiger partial charge in [0.1, 0.15) is 6.07 Å². The van der Waals surface area contributed by atoms with E-state index in [4.69, 9.17) is 11.6 Å². The van der Waals surface area contributed by atoms with E-state index >= 15 is 0 Å². The Kier molecular flexibility index (Phi) is 6.66. The number of hydrogen-bond donors (Lipinski definition) is 1. The summed E-state index contributed by atoms with van der Waals surface area (Å²) in [6.45, 7) is 0.437. The maximum Gasteiger partial charge on any atom is 0.244 e. The molecular formula is C21H23ClN4O3S. The predicted octanol–water partition coefficient (Wildman–Crippen LogP) is 3.32. The summed E-state index contributed by atoms with van der Waals surface area (Å²) in [5.74, 6) is -0.466. The summed E-state index contributed by atoms with van der Waals surface area (Å²) in [4.78, 5) is 14.7. The minimum atomic E-state index is -3.78. The molecule has 0 bridgehead atoms. The van der Waals surface area contributed by atoms with Gasteiger partial charge < -0.3 is 10.2 Å². The third kappa shape index (κ3) is 4.59. The Morgan fingerprint density at radius 2 is 1.87 bits per heavy atom. The van der Waals surface area contributed by atoms with Gasteiger partial charge in [-0.15, -0.1) is 0 Å². The largest absolute Gasteiger partial charge is 0.376 e. The van der Waals surface area contributed by atoms with Crippen LogP contribution in [0.3, 0.4) is 0 Å². The van der Waals surface area contributed by atoms with Crippen LogP contribution >= 0.6 is 11.6 Å². The Labute approximate surface area is 181 Å². The van der Waals surface area contributed by atoms with Crippen LogP contribution in [0.2, 0.25) is 5.02 Å². The second kappa shape index (κ2) is 9.04. The van der Waals surface area contributed by atoms with E-state index < -0.39 is 10.0 Å². The van der Waals surface area contributed by atoms with Crippen LogP contribution in [0.25, 0.3) is 0 Å². The van der Waals surface area contributed by atoms with E-state index in [1.807, 2.05) is 31.1 Å². The van der Waals surface area contributed by atoms with E-state index in [2.05, 4.69) is 5.32 Å². The van der Waals surface area contributed by atoms with Gasteiger partial charge >= 0.3 is 0 Å². The molecule has 0 saturated carbocycles. The van der Waals surface area contributed by atoms with Crippen LogP contribution in [-0.4, -0.2) is 45.8 Å². The third-order valence-corrected chi connectivity index (χ3v) is 7.34. The molecule has 7 nitrogen and oxygen atoms in total. The number of rotatable bonds is 5. The van der Waals surface area contributed by atoms with E-state index in [0.29, 0.717) is 23.6 Å². The fraction of sp³-hybridized carbons (Fsp3) is 0.333. The number of hydrogen-bond acceptors (Lipinski definition) is 5. The van der Waals surface area contributed by atoms with Crippen molar-refractivity contribution in [2.45, 2.75) is 17.7 Å². The molecule has 1 N–H and O–H groups in total. The van der Waals surface area contributed by atoms with Crippen LogP contribution in [-0.2, 0) is 14.8 Å². The average Bonchev–Trinajstić information content (AvgIpc) is 2.73. The molecule has 0 unspecified atom stereocenters. The molecule has 0 atom stereocenters. The molecule has 2 aromatic carbocycles. The van der Waals surface area contributed by atoms with E-state index in [0.717, 1.165) is 5.69 Å². The molecule has 0 radical (unpaired) electrons. The van der Waals surface area contributed by atoms with Gasteiger partial charge in [-0.3, -0.25) is 4.79 Å². The number of piperidine rings is 1. The Morgan fingerprint density at radius 3 is 2.50 bits per heavy atom. The Bertz CT molecular complexity index is 1090. The van der Waals surface area contributed by atoms with Crippen molar-refractivity contribution in [1.82, 2.24) is 4.31 Å². The Morgan fingerprint density at radius 1 is 1.20 bits per heavy atom. The number of carbonyl (C=O) groups excluding carboxylic acids is 1. The summed E-state index contributed by atoms with van der Waals surface area (Å²) < 4.78 is 27.2. The summed E-state index contributed by atoms with van der Waals surface area (Å²) in [6.07, 6.45) is 0.801. The summed E-state index contributed by atoms with van der Waals surface area (Å²) >= 11 is 6.08. The van der Waals surface area contributed by atoms with Gasteiger partial charge in [0.05, 0.1) is 21.8 Å². The lowest BCUT2D eigenvalue weighted by Crippen LogP contribution is -2.41. The molecule has 1 fully saturated rings. The number of sulfonamides is 1. The van der Waals surface area contributed by atoms with Crippen molar-refractivity contribution >= 4 is 38.9 Å². The molecule has 2 aromatic rings. The molecule has 1 heterocycles. The van der Waals surface area contributed by atoms with Gasteiger partial charge in [0.2, 0.25) is 15.9 Å². The topological polar surface area (TPSA) is 93.5 Å². The highest BCUT2D eigenvalue weighted by molar-refractivity contribution is 7.89. The van der Waals surface area contributed by atoms with Gasteiger partial charge in [0.15, 0.2) is 0 Å². The zero-order valence-electron chi connectivity index (χ0n) is 16.8. The van der Waals surface area contributed by atoms with Crippen LogP contribution < -0.4 is 10.2 Å². The quantitative estimate of drug-likeness (QED) is 0.760. The highest BCUT2D eigenvalue weighted by Gasteiger charge is 2.33. The molecule has 1 aliphatic heterocycles. The zero-order chi connectivity index (χ0) is 21.9. The zero-order valence-corrected chi connectivity index (χ0v) is 18.4. The monoisotopic (exact) mass is 446 g/mol. The summed E-state index contributed by atoms with van der Waals surface area (Å²) in [5, 5.41) is 12.7. The van der Waals surface area contributed by atoms with Crippen molar-refractivity contribution in [2.75, 3.05) is 37.4 Å². The van der Waals surface area contributed by atoms with Crippen LogP contribution in [0.5, 0.6) is 0 Å². The third-order valence-electron chi connectivity index (χ3n) is 5.15. The van der Waals surface area contributed by atoms with Crippen molar-refractivity contribution in [3.63, 3.8) is 0 Å². The van der Waals surface area contributed by atoms with E-state index in [9.17, 15) is 18.5 Å². The standard InChI is InChI=1S/C21H23ClN4O3S/c1-25(2)19-8-7-17(22)13-18(19)24-21(27)15-9-11-26(12-10-15)30(28,29)20-6-4-3-5-16(20)14-23/h3-8,13,15H,9-12H2,1-2H3,(H,24,27). The van der Waals surface area contributed by atoms with Crippen LogP contribution in [0, 0.1) is 17.2 Å². The minimum absolute atomic E-state index is 0.00459. The normalized spacial score (nSPS) is 15.4. The Hall–Kier alpha value is -2.60. The van der Waals surface area contributed by atoms with Gasteiger partial charge in [-0.2, -0.15) is 9.57 Å². The second-order valence-corrected chi connectivity index (χ2v) is 9.67. The van der Waals surface area contributed by atoms with Crippen LogP contribution in [0.4, 0.5) is 11.4 Å². The first kappa shape index (κ1) is 22.1. The van der Waals surface area contributed by atoms with E-state index in [1.165, 1.54) is 16.4 Å². The molecule has 3 rings (SSSR count). The fourth-order valence-electron chi connectivity index (χ4n) is 3.51. The molecule has 0 aliphatic carbocycles. The van der Waals surface area contributed by atoms with Gasteiger partial charge in [-0.05, 0) is 43.2 Å². The van der Waals surface area contributed by atoms with Crippen LogP contribution in [0.15, 0.2) is 47.4 Å². The van der Waals surface area contributed by atoms with Crippen molar-refractivity contribution in [3.8, 4) is 6.07 Å². The molecule has 1 saturated heterocycles. The molecule has 30 heavy (non-hydrogen) atoms. The lowest BCUT2D eigenvalue weighted by molar-refractivity contribution is -0.120. The smallest absolute Gasteiger partial charge is 0.244 e. The highest BCUT2D eigenvalue weighted by atomic mass is 35.5. The second-order valence-electron chi connectivity index (χ2n) is 7.33. The van der Waals surface area contributed by atoms with E-state index in [-0.39, 0.29) is 35.4 Å². The first-order valence-electron chi connectivity index (χ1n) is 9.51. The summed E-state index contributed by atoms with van der Waals surface area (Å²) in [6, 6.07) is 13.4.